The predicted molar refractivity (Wildman–Crippen MR) is 62.4 cm³/mol. The maximum atomic E-state index is 13.1. The molecule has 0 saturated carbocycles. The largest absolute Gasteiger partial charge is 0.358 e. The zero-order valence-electron chi connectivity index (χ0n) is 9.36. The van der Waals surface area contributed by atoms with Crippen molar-refractivity contribution in [1.82, 2.24) is 25.6 Å². The summed E-state index contributed by atoms with van der Waals surface area (Å²) in [5, 5.41) is 13.7. The minimum Gasteiger partial charge on any atom is -0.358 e. The van der Waals surface area contributed by atoms with Gasteiger partial charge in [-0.25, -0.2) is 4.39 Å². The molecule has 18 heavy (non-hydrogen) atoms. The summed E-state index contributed by atoms with van der Waals surface area (Å²) in [5.41, 5.74) is 1.11. The van der Waals surface area contributed by atoms with Crippen molar-refractivity contribution in [3.05, 3.63) is 39.9 Å². The Morgan fingerprint density at radius 1 is 1.33 bits per heavy atom. The number of halogens is 1. The molecule has 0 aliphatic heterocycles. The number of aryl methyl sites for hydroxylation is 1. The van der Waals surface area contributed by atoms with Gasteiger partial charge in [-0.1, -0.05) is 0 Å². The zero-order valence-corrected chi connectivity index (χ0v) is 9.36. The third kappa shape index (κ3) is 1.48. The molecule has 1 aromatic carbocycles. The van der Waals surface area contributed by atoms with Crippen molar-refractivity contribution in [1.29, 1.82) is 0 Å². The molecule has 0 aliphatic rings. The molecule has 2 N–H and O–H groups in total. The number of hydrogen-bond donors (Lipinski definition) is 2. The van der Waals surface area contributed by atoms with Gasteiger partial charge in [-0.05, 0) is 30.3 Å². The second kappa shape index (κ2) is 3.73. The lowest BCUT2D eigenvalue weighted by Gasteiger charge is -2.04. The first-order valence-electron chi connectivity index (χ1n) is 5.23. The number of nitrogens with one attached hydrogen (secondary N) is 2. The van der Waals surface area contributed by atoms with E-state index in [4.69, 9.17) is 0 Å². The molecule has 0 fully saturated rings. The van der Waals surface area contributed by atoms with Gasteiger partial charge in [0.2, 0.25) is 11.3 Å². The Bertz CT molecular complexity index is 778. The molecule has 0 unspecified atom stereocenters. The van der Waals surface area contributed by atoms with Crippen LogP contribution in [0, 0.1) is 12.7 Å². The molecule has 2 aromatic heterocycles. The average Bonchev–Trinajstić information content (AvgIpc) is 2.82. The average molecular weight is 245 g/mol. The SMILES string of the molecule is Cc1[nH]c2cc(F)ccc2c(=O)c1-c1nn[nH]n1. The van der Waals surface area contributed by atoms with Crippen molar-refractivity contribution in [3.8, 4) is 11.4 Å². The Balaban J connectivity index is 2.42. The fourth-order valence-electron chi connectivity index (χ4n) is 1.92. The lowest BCUT2D eigenvalue weighted by Crippen LogP contribution is -2.10. The number of hydrogen-bond acceptors (Lipinski definition) is 4. The minimum atomic E-state index is -0.398. The first kappa shape index (κ1) is 10.6. The fourth-order valence-corrected chi connectivity index (χ4v) is 1.92. The molecular weight excluding hydrogens is 237 g/mol. The molecule has 3 rings (SSSR count). The van der Waals surface area contributed by atoms with Crippen LogP contribution in [-0.4, -0.2) is 25.6 Å². The van der Waals surface area contributed by atoms with Gasteiger partial charge in [-0.3, -0.25) is 4.79 Å². The van der Waals surface area contributed by atoms with Gasteiger partial charge >= 0.3 is 0 Å². The van der Waals surface area contributed by atoms with E-state index in [0.29, 0.717) is 22.2 Å². The van der Waals surface area contributed by atoms with Crippen LogP contribution >= 0.6 is 0 Å². The summed E-state index contributed by atoms with van der Waals surface area (Å²) in [4.78, 5) is 15.3. The second-order valence-corrected chi connectivity index (χ2v) is 3.88. The van der Waals surface area contributed by atoms with Crippen molar-refractivity contribution < 1.29 is 4.39 Å². The molecule has 0 spiro atoms. The Hall–Kier alpha value is -2.57. The van der Waals surface area contributed by atoms with Gasteiger partial charge in [0.25, 0.3) is 0 Å². The molecule has 3 aromatic rings. The van der Waals surface area contributed by atoms with Crippen molar-refractivity contribution in [2.45, 2.75) is 6.92 Å². The minimum absolute atomic E-state index is 0.222. The molecule has 2 heterocycles. The van der Waals surface area contributed by atoms with E-state index in [1.165, 1.54) is 18.2 Å². The van der Waals surface area contributed by atoms with Gasteiger partial charge in [-0.2, -0.15) is 5.21 Å². The number of fused-ring (bicyclic) bond motifs is 1. The lowest BCUT2D eigenvalue weighted by atomic mass is 10.1. The van der Waals surface area contributed by atoms with Crippen LogP contribution in [-0.2, 0) is 0 Å². The van der Waals surface area contributed by atoms with E-state index in [9.17, 15) is 9.18 Å². The van der Waals surface area contributed by atoms with Crippen LogP contribution < -0.4 is 5.43 Å². The topological polar surface area (TPSA) is 87.3 Å². The highest BCUT2D eigenvalue weighted by Crippen LogP contribution is 2.18. The Labute approximate surface area is 99.9 Å². The molecule has 0 amide bonds. The van der Waals surface area contributed by atoms with Crippen molar-refractivity contribution in [2.24, 2.45) is 0 Å². The quantitative estimate of drug-likeness (QED) is 0.673. The molecule has 0 bridgehead atoms. The van der Waals surface area contributed by atoms with Crippen LogP contribution in [0.3, 0.4) is 0 Å². The van der Waals surface area contributed by atoms with Crippen LogP contribution in [0.25, 0.3) is 22.3 Å². The molecule has 0 radical (unpaired) electrons. The maximum absolute atomic E-state index is 13.1. The summed E-state index contributed by atoms with van der Waals surface area (Å²) in [6, 6.07) is 3.96. The molecule has 90 valence electrons. The standard InChI is InChI=1S/C11H8FN5O/c1-5-9(11-14-16-17-15-11)10(18)7-3-2-6(12)4-8(7)13-5/h2-4H,1H3,(H,13,18)(H,14,15,16,17). The number of aromatic amines is 2. The van der Waals surface area contributed by atoms with E-state index in [0.717, 1.165) is 0 Å². The summed E-state index contributed by atoms with van der Waals surface area (Å²) < 4.78 is 13.1. The monoisotopic (exact) mass is 245 g/mol. The van der Waals surface area contributed by atoms with E-state index in [1.807, 2.05) is 0 Å². The number of pyridine rings is 1. The summed E-state index contributed by atoms with van der Waals surface area (Å²) in [7, 11) is 0. The molecule has 0 atom stereocenters. The summed E-state index contributed by atoms with van der Waals surface area (Å²) >= 11 is 0. The van der Waals surface area contributed by atoms with Crippen molar-refractivity contribution >= 4 is 10.9 Å². The number of nitrogens with zero attached hydrogens (tertiary/aromatic N) is 3. The smallest absolute Gasteiger partial charge is 0.210 e. The predicted octanol–water partition coefficient (Wildman–Crippen LogP) is 1.16. The third-order valence-corrected chi connectivity index (χ3v) is 2.72. The Kier molecular flexibility index (Phi) is 2.19. The zero-order chi connectivity index (χ0) is 12.7. The number of benzene rings is 1. The van der Waals surface area contributed by atoms with Gasteiger partial charge in [0, 0.05) is 11.1 Å². The normalized spacial score (nSPS) is 11.0. The summed E-state index contributed by atoms with van der Waals surface area (Å²) in [5.74, 6) is -0.176. The third-order valence-electron chi connectivity index (χ3n) is 2.72. The second-order valence-electron chi connectivity index (χ2n) is 3.88. The molecule has 6 nitrogen and oxygen atoms in total. The van der Waals surface area contributed by atoms with Crippen LogP contribution in [0.4, 0.5) is 4.39 Å². The number of aromatic nitrogens is 5. The Morgan fingerprint density at radius 2 is 2.17 bits per heavy atom. The van der Waals surface area contributed by atoms with E-state index >= 15 is 0 Å². The first-order chi connectivity index (χ1) is 8.66. The number of rotatable bonds is 1. The van der Waals surface area contributed by atoms with Gasteiger partial charge < -0.3 is 4.98 Å². The highest BCUT2D eigenvalue weighted by Gasteiger charge is 2.14. The molecule has 7 heteroatoms. The summed E-state index contributed by atoms with van der Waals surface area (Å²) in [6.07, 6.45) is 0. The fraction of sp³-hybridized carbons (Fsp3) is 0.0909. The highest BCUT2D eigenvalue weighted by molar-refractivity contribution is 5.83. The van der Waals surface area contributed by atoms with E-state index in [-0.39, 0.29) is 11.3 Å². The number of tetrazole rings is 1. The first-order valence-corrected chi connectivity index (χ1v) is 5.23. The van der Waals surface area contributed by atoms with E-state index in [2.05, 4.69) is 25.6 Å². The molecule has 0 aliphatic carbocycles. The van der Waals surface area contributed by atoms with E-state index < -0.39 is 5.82 Å². The molecule has 0 saturated heterocycles. The van der Waals surface area contributed by atoms with Crippen LogP contribution in [0.2, 0.25) is 0 Å². The van der Waals surface area contributed by atoms with Crippen LogP contribution in [0.1, 0.15) is 5.69 Å². The molecular formula is C11H8FN5O. The Morgan fingerprint density at radius 3 is 2.89 bits per heavy atom. The van der Waals surface area contributed by atoms with Gasteiger partial charge in [0.1, 0.15) is 5.82 Å². The number of H-pyrrole nitrogens is 2. The van der Waals surface area contributed by atoms with Crippen LogP contribution in [0.15, 0.2) is 23.0 Å². The van der Waals surface area contributed by atoms with E-state index in [1.54, 1.807) is 6.92 Å². The summed E-state index contributed by atoms with van der Waals surface area (Å²) in [6.45, 7) is 1.71. The highest BCUT2D eigenvalue weighted by atomic mass is 19.1. The van der Waals surface area contributed by atoms with Gasteiger partial charge in [0.05, 0.1) is 11.1 Å². The van der Waals surface area contributed by atoms with Crippen molar-refractivity contribution in [3.63, 3.8) is 0 Å². The lowest BCUT2D eigenvalue weighted by molar-refractivity contribution is 0.629. The van der Waals surface area contributed by atoms with Crippen molar-refractivity contribution in [2.75, 3.05) is 0 Å². The van der Waals surface area contributed by atoms with Crippen LogP contribution in [0.5, 0.6) is 0 Å². The van der Waals surface area contributed by atoms with Gasteiger partial charge in [0.15, 0.2) is 0 Å². The van der Waals surface area contributed by atoms with Gasteiger partial charge in [-0.15, -0.1) is 10.2 Å². The maximum Gasteiger partial charge on any atom is 0.210 e.